The highest BCUT2D eigenvalue weighted by Gasteiger charge is 2.19. The first-order valence-corrected chi connectivity index (χ1v) is 13.3. The molecule has 6 nitrogen and oxygen atoms in total. The van der Waals surface area contributed by atoms with Crippen LogP contribution in [0.15, 0.2) is 91.0 Å². The van der Waals surface area contributed by atoms with Crippen LogP contribution in [-0.4, -0.2) is 33.7 Å². The summed E-state index contributed by atoms with van der Waals surface area (Å²) < 4.78 is 32.0. The van der Waals surface area contributed by atoms with Gasteiger partial charge in [0.25, 0.3) is 5.91 Å². The number of ether oxygens (including phenoxy) is 1. The summed E-state index contributed by atoms with van der Waals surface area (Å²) in [6.45, 7) is 0.735. The van der Waals surface area contributed by atoms with Gasteiger partial charge < -0.3 is 10.1 Å². The van der Waals surface area contributed by atoms with Gasteiger partial charge in [-0.3, -0.25) is 9.10 Å². The molecule has 0 atom stereocenters. The zero-order valence-electron chi connectivity index (χ0n) is 19.1. The van der Waals surface area contributed by atoms with Gasteiger partial charge in [-0.1, -0.05) is 66.2 Å². The van der Waals surface area contributed by atoms with Gasteiger partial charge in [0.15, 0.2) is 0 Å². The van der Waals surface area contributed by atoms with E-state index in [2.05, 4.69) is 5.32 Å². The Hall–Kier alpha value is -3.55. The number of benzene rings is 4. The van der Waals surface area contributed by atoms with Gasteiger partial charge >= 0.3 is 0 Å². The highest BCUT2D eigenvalue weighted by atomic mass is 35.5. The molecule has 0 aliphatic rings. The molecule has 35 heavy (non-hydrogen) atoms. The molecule has 0 heterocycles. The van der Waals surface area contributed by atoms with Gasteiger partial charge in [0.2, 0.25) is 10.0 Å². The van der Waals surface area contributed by atoms with Crippen molar-refractivity contribution in [2.45, 2.75) is 6.54 Å². The second kappa shape index (κ2) is 10.8. The topological polar surface area (TPSA) is 75.7 Å². The Labute approximate surface area is 210 Å². The van der Waals surface area contributed by atoms with E-state index in [0.717, 1.165) is 22.8 Å². The minimum absolute atomic E-state index is 0.0928. The summed E-state index contributed by atoms with van der Waals surface area (Å²) in [5.41, 5.74) is 1.56. The molecule has 0 unspecified atom stereocenters. The van der Waals surface area contributed by atoms with Crippen LogP contribution in [0.3, 0.4) is 0 Å². The molecule has 0 aliphatic carbocycles. The van der Waals surface area contributed by atoms with Crippen molar-refractivity contribution in [3.63, 3.8) is 0 Å². The van der Waals surface area contributed by atoms with Gasteiger partial charge in [-0.05, 0) is 47.3 Å². The van der Waals surface area contributed by atoms with E-state index in [1.54, 1.807) is 48.5 Å². The monoisotopic (exact) mass is 508 g/mol. The van der Waals surface area contributed by atoms with Crippen LogP contribution in [0.2, 0.25) is 5.02 Å². The molecule has 4 aromatic carbocycles. The van der Waals surface area contributed by atoms with Gasteiger partial charge in [0.1, 0.15) is 12.4 Å². The number of fused-ring (bicyclic) bond motifs is 1. The molecule has 8 heteroatoms. The SMILES string of the molecule is CS(=O)(=O)N(Cc1ccccc1Cl)c1ccc(C(=O)NCCOc2cccc3ccccc23)cc1. The lowest BCUT2D eigenvalue weighted by atomic mass is 10.1. The summed E-state index contributed by atoms with van der Waals surface area (Å²) in [5.74, 6) is 0.496. The molecular weight excluding hydrogens is 484 g/mol. The Kier molecular flexibility index (Phi) is 7.58. The van der Waals surface area contributed by atoms with Crippen molar-refractivity contribution in [2.75, 3.05) is 23.7 Å². The third-order valence-corrected chi connectivity index (χ3v) is 6.99. The number of nitrogens with one attached hydrogen (secondary N) is 1. The number of carbonyl (C=O) groups excluding carboxylic acids is 1. The maximum absolute atomic E-state index is 12.6. The third-order valence-electron chi connectivity index (χ3n) is 5.48. The van der Waals surface area contributed by atoms with Crippen LogP contribution >= 0.6 is 11.6 Å². The lowest BCUT2D eigenvalue weighted by Crippen LogP contribution is -2.30. The van der Waals surface area contributed by atoms with Crippen molar-refractivity contribution in [1.29, 1.82) is 0 Å². The molecule has 0 fully saturated rings. The zero-order valence-corrected chi connectivity index (χ0v) is 20.7. The van der Waals surface area contributed by atoms with Gasteiger partial charge in [0, 0.05) is 16.0 Å². The van der Waals surface area contributed by atoms with Crippen LogP contribution < -0.4 is 14.4 Å². The van der Waals surface area contributed by atoms with Crippen molar-refractivity contribution in [3.8, 4) is 5.75 Å². The first kappa shape index (κ1) is 24.6. The maximum Gasteiger partial charge on any atom is 0.251 e. The van der Waals surface area contributed by atoms with Gasteiger partial charge in [-0.2, -0.15) is 0 Å². The summed E-state index contributed by atoms with van der Waals surface area (Å²) in [6.07, 6.45) is 1.14. The smallest absolute Gasteiger partial charge is 0.251 e. The molecule has 0 bridgehead atoms. The van der Waals surface area contributed by atoms with Crippen LogP contribution in [-0.2, 0) is 16.6 Å². The van der Waals surface area contributed by atoms with Gasteiger partial charge in [-0.15, -0.1) is 0 Å². The number of halogens is 1. The standard InChI is InChI=1S/C27H25ClN2O4S/c1-35(32,33)30(19-22-8-3-5-11-25(22)28)23-15-13-21(14-16-23)27(31)29-17-18-34-26-12-6-9-20-7-2-4-10-24(20)26/h2-16H,17-19H2,1H3,(H,29,31). The fraction of sp³-hybridized carbons (Fsp3) is 0.148. The summed E-state index contributed by atoms with van der Waals surface area (Å²) in [5, 5.41) is 5.43. The van der Waals surface area contributed by atoms with Crippen LogP contribution in [0, 0.1) is 0 Å². The third kappa shape index (κ3) is 6.12. The summed E-state index contributed by atoms with van der Waals surface area (Å²) in [6, 6.07) is 27.3. The fourth-order valence-electron chi connectivity index (χ4n) is 3.71. The van der Waals surface area contributed by atoms with E-state index in [-0.39, 0.29) is 12.5 Å². The molecule has 0 saturated carbocycles. The number of nitrogens with zero attached hydrogens (tertiary/aromatic N) is 1. The first-order chi connectivity index (χ1) is 16.8. The molecule has 0 saturated heterocycles. The van der Waals surface area contributed by atoms with E-state index >= 15 is 0 Å². The highest BCUT2D eigenvalue weighted by Crippen LogP contribution is 2.26. The summed E-state index contributed by atoms with van der Waals surface area (Å²) >= 11 is 6.22. The predicted molar refractivity (Wildman–Crippen MR) is 141 cm³/mol. The molecule has 0 aliphatic heterocycles. The molecule has 1 amide bonds. The van der Waals surface area contributed by atoms with Crippen molar-refractivity contribution in [1.82, 2.24) is 5.32 Å². The van der Waals surface area contributed by atoms with Crippen molar-refractivity contribution in [2.24, 2.45) is 0 Å². The van der Waals surface area contributed by atoms with Gasteiger partial charge in [0.05, 0.1) is 25.0 Å². The normalized spacial score (nSPS) is 11.3. The number of carbonyl (C=O) groups is 1. The number of rotatable bonds is 9. The number of anilines is 1. The number of hydrogen-bond donors (Lipinski definition) is 1. The first-order valence-electron chi connectivity index (χ1n) is 11.0. The molecule has 0 radical (unpaired) electrons. The molecule has 4 aromatic rings. The van der Waals surface area contributed by atoms with Crippen molar-refractivity contribution in [3.05, 3.63) is 107 Å². The Morgan fingerprint density at radius 3 is 2.34 bits per heavy atom. The predicted octanol–water partition coefficient (Wildman–Crippen LogP) is 5.27. The van der Waals surface area contributed by atoms with E-state index < -0.39 is 10.0 Å². The lowest BCUT2D eigenvalue weighted by Gasteiger charge is -2.23. The van der Waals surface area contributed by atoms with E-state index in [9.17, 15) is 13.2 Å². The molecular formula is C27H25ClN2O4S. The zero-order chi connectivity index (χ0) is 24.8. The average Bonchev–Trinajstić information content (AvgIpc) is 2.85. The van der Waals surface area contributed by atoms with E-state index in [4.69, 9.17) is 16.3 Å². The Morgan fingerprint density at radius 2 is 1.60 bits per heavy atom. The second-order valence-corrected chi connectivity index (χ2v) is 10.3. The molecule has 4 rings (SSSR count). The molecule has 180 valence electrons. The average molecular weight is 509 g/mol. The largest absolute Gasteiger partial charge is 0.491 e. The van der Waals surface area contributed by atoms with E-state index in [1.807, 2.05) is 42.5 Å². The van der Waals surface area contributed by atoms with Crippen molar-refractivity contribution >= 4 is 44.0 Å². The Morgan fingerprint density at radius 1 is 0.914 bits per heavy atom. The van der Waals surface area contributed by atoms with Crippen LogP contribution in [0.5, 0.6) is 5.75 Å². The Bertz CT molecular complexity index is 1430. The highest BCUT2D eigenvalue weighted by molar-refractivity contribution is 7.92. The van der Waals surface area contributed by atoms with Crippen molar-refractivity contribution < 1.29 is 17.9 Å². The molecule has 1 N–H and O–H groups in total. The quantitative estimate of drug-likeness (QED) is 0.312. The van der Waals surface area contributed by atoms with E-state index in [0.29, 0.717) is 35.0 Å². The number of amides is 1. The van der Waals surface area contributed by atoms with Gasteiger partial charge in [-0.25, -0.2) is 8.42 Å². The lowest BCUT2D eigenvalue weighted by molar-refractivity contribution is 0.0947. The van der Waals surface area contributed by atoms with E-state index in [1.165, 1.54) is 4.31 Å². The molecule has 0 spiro atoms. The maximum atomic E-state index is 12.6. The summed E-state index contributed by atoms with van der Waals surface area (Å²) in [4.78, 5) is 12.6. The van der Waals surface area contributed by atoms with Crippen LogP contribution in [0.1, 0.15) is 15.9 Å². The second-order valence-electron chi connectivity index (χ2n) is 7.99. The van der Waals surface area contributed by atoms with Crippen LogP contribution in [0.25, 0.3) is 10.8 Å². The summed E-state index contributed by atoms with van der Waals surface area (Å²) in [7, 11) is -3.57. The number of sulfonamides is 1. The molecule has 0 aromatic heterocycles. The minimum Gasteiger partial charge on any atom is -0.491 e. The Balaban J connectivity index is 1.37. The minimum atomic E-state index is -3.57. The number of hydrogen-bond acceptors (Lipinski definition) is 4. The fourth-order valence-corrected chi connectivity index (χ4v) is 4.78. The van der Waals surface area contributed by atoms with Crippen LogP contribution in [0.4, 0.5) is 5.69 Å².